The quantitative estimate of drug-likeness (QED) is 0.468. The molecule has 0 N–H and O–H groups in total. The van der Waals surface area contributed by atoms with Crippen LogP contribution in [0.25, 0.3) is 11.1 Å². The summed E-state index contributed by atoms with van der Waals surface area (Å²) < 4.78 is 24.7. The Morgan fingerprint density at radius 1 is 1.28 bits per heavy atom. The van der Waals surface area contributed by atoms with Crippen molar-refractivity contribution in [2.24, 2.45) is 0 Å². The molecule has 5 rings (SSSR count). The van der Waals surface area contributed by atoms with Crippen LogP contribution in [-0.4, -0.2) is 39.0 Å². The lowest BCUT2D eigenvalue weighted by Gasteiger charge is -2.31. The minimum atomic E-state index is -0.271. The zero-order valence-corrected chi connectivity index (χ0v) is 18.0. The summed E-state index contributed by atoms with van der Waals surface area (Å²) in [4.78, 5) is 24.1. The van der Waals surface area contributed by atoms with E-state index in [0.717, 1.165) is 18.4 Å². The third-order valence-electron chi connectivity index (χ3n) is 5.87. The lowest BCUT2D eigenvalue weighted by molar-refractivity contribution is 0.0699. The van der Waals surface area contributed by atoms with Crippen molar-refractivity contribution in [3.63, 3.8) is 0 Å². The monoisotopic (exact) mass is 434 g/mol. The SMILES string of the molecule is Cc1cc(C(=O)N2CCC[C@H](c3ncc(Cc4cccc(F)c4)o3)C2)c2c(C)noc2n1. The van der Waals surface area contributed by atoms with Crippen molar-refractivity contribution in [1.29, 1.82) is 0 Å². The van der Waals surface area contributed by atoms with E-state index in [2.05, 4.69) is 15.1 Å². The molecule has 1 aliphatic heterocycles. The van der Waals surface area contributed by atoms with E-state index in [1.165, 1.54) is 12.1 Å². The van der Waals surface area contributed by atoms with Crippen LogP contribution in [0.3, 0.4) is 0 Å². The van der Waals surface area contributed by atoms with Gasteiger partial charge in [-0.15, -0.1) is 0 Å². The lowest BCUT2D eigenvalue weighted by Crippen LogP contribution is -2.39. The Labute approximate surface area is 184 Å². The fraction of sp³-hybridized carbons (Fsp3) is 0.333. The summed E-state index contributed by atoms with van der Waals surface area (Å²) in [6.45, 7) is 4.83. The van der Waals surface area contributed by atoms with Crippen molar-refractivity contribution < 1.29 is 18.1 Å². The average molecular weight is 434 g/mol. The molecule has 1 aliphatic rings. The first kappa shape index (κ1) is 20.4. The van der Waals surface area contributed by atoms with E-state index in [0.29, 0.717) is 59.2 Å². The summed E-state index contributed by atoms with van der Waals surface area (Å²) >= 11 is 0. The summed E-state index contributed by atoms with van der Waals surface area (Å²) in [6, 6.07) is 8.24. The highest BCUT2D eigenvalue weighted by Crippen LogP contribution is 2.30. The molecule has 1 fully saturated rings. The van der Waals surface area contributed by atoms with E-state index >= 15 is 0 Å². The minimum Gasteiger partial charge on any atom is -0.445 e. The van der Waals surface area contributed by atoms with Crippen LogP contribution in [0, 0.1) is 19.7 Å². The average Bonchev–Trinajstić information content (AvgIpc) is 3.39. The van der Waals surface area contributed by atoms with Crippen LogP contribution in [0.2, 0.25) is 0 Å². The van der Waals surface area contributed by atoms with Crippen LogP contribution in [-0.2, 0) is 6.42 Å². The molecular formula is C24H23FN4O3. The van der Waals surface area contributed by atoms with Crippen LogP contribution in [0.4, 0.5) is 4.39 Å². The molecule has 0 bridgehead atoms. The van der Waals surface area contributed by atoms with Gasteiger partial charge in [-0.05, 0) is 50.5 Å². The van der Waals surface area contributed by atoms with Gasteiger partial charge in [0.2, 0.25) is 0 Å². The maximum Gasteiger partial charge on any atom is 0.258 e. The first-order valence-electron chi connectivity index (χ1n) is 10.7. The second kappa shape index (κ2) is 8.18. The van der Waals surface area contributed by atoms with E-state index < -0.39 is 0 Å². The molecule has 3 aromatic heterocycles. The molecule has 0 radical (unpaired) electrons. The molecule has 32 heavy (non-hydrogen) atoms. The molecule has 8 heteroatoms. The van der Waals surface area contributed by atoms with E-state index in [4.69, 9.17) is 8.94 Å². The number of oxazole rings is 1. The first-order valence-corrected chi connectivity index (χ1v) is 10.7. The number of hydrogen-bond acceptors (Lipinski definition) is 6. The van der Waals surface area contributed by atoms with Gasteiger partial charge in [0, 0.05) is 25.2 Å². The molecule has 0 unspecified atom stereocenters. The number of nitrogens with zero attached hydrogens (tertiary/aromatic N) is 4. The Morgan fingerprint density at radius 2 is 2.16 bits per heavy atom. The Balaban J connectivity index is 1.35. The fourth-order valence-electron chi connectivity index (χ4n) is 4.36. The number of pyridine rings is 1. The van der Waals surface area contributed by atoms with Crippen LogP contribution in [0.5, 0.6) is 0 Å². The van der Waals surface area contributed by atoms with Crippen LogP contribution >= 0.6 is 0 Å². The van der Waals surface area contributed by atoms with Gasteiger partial charge in [-0.3, -0.25) is 4.79 Å². The minimum absolute atomic E-state index is 0.0101. The van der Waals surface area contributed by atoms with Crippen molar-refractivity contribution in [3.05, 3.63) is 76.5 Å². The number of hydrogen-bond donors (Lipinski definition) is 0. The number of benzene rings is 1. The Bertz CT molecular complexity index is 1300. The maximum atomic E-state index is 13.5. The molecular weight excluding hydrogens is 411 g/mol. The highest BCUT2D eigenvalue weighted by molar-refractivity contribution is 6.06. The molecule has 164 valence electrons. The maximum absolute atomic E-state index is 13.5. The van der Waals surface area contributed by atoms with Gasteiger partial charge in [0.15, 0.2) is 5.89 Å². The highest BCUT2D eigenvalue weighted by atomic mass is 19.1. The van der Waals surface area contributed by atoms with Gasteiger partial charge in [0.05, 0.1) is 28.8 Å². The number of carbonyl (C=O) groups excluding carboxylic acids is 1. The summed E-state index contributed by atoms with van der Waals surface area (Å²) in [5.41, 5.74) is 3.13. The lowest BCUT2D eigenvalue weighted by atomic mass is 9.97. The number of amides is 1. The number of aromatic nitrogens is 3. The van der Waals surface area contributed by atoms with Gasteiger partial charge in [-0.2, -0.15) is 0 Å². The van der Waals surface area contributed by atoms with Gasteiger partial charge in [-0.25, -0.2) is 14.4 Å². The van der Waals surface area contributed by atoms with Gasteiger partial charge in [-0.1, -0.05) is 17.3 Å². The number of rotatable bonds is 4. The molecule has 1 saturated heterocycles. The van der Waals surface area contributed by atoms with Crippen LogP contribution < -0.4 is 0 Å². The van der Waals surface area contributed by atoms with Crippen molar-refractivity contribution in [2.45, 2.75) is 39.0 Å². The van der Waals surface area contributed by atoms with Crippen molar-refractivity contribution in [3.8, 4) is 0 Å². The topological polar surface area (TPSA) is 85.3 Å². The molecule has 4 heterocycles. The first-order chi connectivity index (χ1) is 15.5. The number of halogens is 1. The number of likely N-dealkylation sites (tertiary alicyclic amines) is 1. The Morgan fingerprint density at radius 3 is 3.00 bits per heavy atom. The zero-order chi connectivity index (χ0) is 22.2. The molecule has 1 amide bonds. The van der Waals surface area contributed by atoms with Gasteiger partial charge < -0.3 is 13.8 Å². The zero-order valence-electron chi connectivity index (χ0n) is 18.0. The summed E-state index contributed by atoms with van der Waals surface area (Å²) in [5.74, 6) is 0.970. The summed E-state index contributed by atoms with van der Waals surface area (Å²) in [7, 11) is 0. The normalized spacial score (nSPS) is 16.6. The molecule has 7 nitrogen and oxygen atoms in total. The molecule has 1 aromatic carbocycles. The summed E-state index contributed by atoms with van der Waals surface area (Å²) in [5, 5.41) is 4.64. The smallest absolute Gasteiger partial charge is 0.258 e. The largest absolute Gasteiger partial charge is 0.445 e. The Kier molecular flexibility index (Phi) is 5.20. The molecule has 0 saturated carbocycles. The Hall–Kier alpha value is -3.55. The van der Waals surface area contributed by atoms with Gasteiger partial charge >= 0.3 is 0 Å². The van der Waals surface area contributed by atoms with Gasteiger partial charge in [0.1, 0.15) is 11.6 Å². The van der Waals surface area contributed by atoms with E-state index in [9.17, 15) is 9.18 Å². The summed E-state index contributed by atoms with van der Waals surface area (Å²) in [6.07, 6.45) is 3.91. The van der Waals surface area contributed by atoms with Crippen molar-refractivity contribution >= 4 is 17.0 Å². The standard InChI is InChI=1S/C24H23FN4O3/c1-14-9-20(21-15(2)28-32-23(21)27-14)24(30)29-8-4-6-17(13-29)22-26-12-19(31-22)11-16-5-3-7-18(25)10-16/h3,5,7,9-10,12,17H,4,6,8,11,13H2,1-2H3/t17-/m0/s1. The number of aryl methyl sites for hydroxylation is 2. The third kappa shape index (κ3) is 3.88. The number of fused-ring (bicyclic) bond motifs is 1. The predicted molar refractivity (Wildman–Crippen MR) is 115 cm³/mol. The molecule has 1 atom stereocenters. The van der Waals surface area contributed by atoms with E-state index in [-0.39, 0.29) is 17.6 Å². The number of carbonyl (C=O) groups is 1. The van der Waals surface area contributed by atoms with E-state index in [1.54, 1.807) is 18.3 Å². The van der Waals surface area contributed by atoms with Crippen molar-refractivity contribution in [1.82, 2.24) is 20.0 Å². The van der Waals surface area contributed by atoms with Crippen LogP contribution in [0.1, 0.15) is 57.7 Å². The third-order valence-corrected chi connectivity index (χ3v) is 5.87. The fourth-order valence-corrected chi connectivity index (χ4v) is 4.36. The highest BCUT2D eigenvalue weighted by Gasteiger charge is 2.30. The van der Waals surface area contributed by atoms with Crippen LogP contribution in [0.15, 0.2) is 45.5 Å². The number of piperidine rings is 1. The molecule has 0 spiro atoms. The van der Waals surface area contributed by atoms with E-state index in [1.807, 2.05) is 24.8 Å². The molecule has 4 aromatic rings. The second-order valence-electron chi connectivity index (χ2n) is 8.32. The molecule has 0 aliphatic carbocycles. The van der Waals surface area contributed by atoms with Gasteiger partial charge in [0.25, 0.3) is 11.6 Å². The second-order valence-corrected chi connectivity index (χ2v) is 8.32. The predicted octanol–water partition coefficient (Wildman–Crippen LogP) is 4.58. The van der Waals surface area contributed by atoms with Crippen molar-refractivity contribution in [2.75, 3.05) is 13.1 Å².